The Morgan fingerprint density at radius 2 is 1.70 bits per heavy atom. The molecule has 1 aliphatic heterocycles. The summed E-state index contributed by atoms with van der Waals surface area (Å²) in [6, 6.07) is 10.3. The molecule has 0 spiro atoms. The molecule has 0 radical (unpaired) electrons. The van der Waals surface area contributed by atoms with Crippen molar-refractivity contribution in [2.75, 3.05) is 5.75 Å². The number of rotatable bonds is 4. The largest absolute Gasteiger partial charge is 0.299 e. The molecule has 2 bridgehead atoms. The Balaban J connectivity index is 1.50. The van der Waals surface area contributed by atoms with Crippen molar-refractivity contribution < 1.29 is 22.9 Å². The fourth-order valence-electron chi connectivity index (χ4n) is 5.72. The molecule has 3 unspecified atom stereocenters. The van der Waals surface area contributed by atoms with Gasteiger partial charge in [-0.1, -0.05) is 38.1 Å². The molecular formula is C23H23NO5S. The molecule has 0 N–H and O–H groups in total. The first-order valence-electron chi connectivity index (χ1n) is 10.1. The van der Waals surface area contributed by atoms with Gasteiger partial charge < -0.3 is 0 Å². The Morgan fingerprint density at radius 1 is 1.10 bits per heavy atom. The Bertz CT molecular complexity index is 1190. The highest BCUT2D eigenvalue weighted by molar-refractivity contribution is 7.96. The lowest BCUT2D eigenvalue weighted by Gasteiger charge is -2.37. The fourth-order valence-corrected chi connectivity index (χ4v) is 7.61. The summed E-state index contributed by atoms with van der Waals surface area (Å²) in [6.07, 6.45) is 1.99. The van der Waals surface area contributed by atoms with Crippen molar-refractivity contribution in [3.63, 3.8) is 0 Å². The van der Waals surface area contributed by atoms with Gasteiger partial charge in [-0.15, -0.1) is 5.06 Å². The average molecular weight is 426 g/mol. The lowest BCUT2D eigenvalue weighted by molar-refractivity contribution is -0.128. The minimum Gasteiger partial charge on any atom is -0.299 e. The van der Waals surface area contributed by atoms with Gasteiger partial charge in [0.1, 0.15) is 15.6 Å². The molecule has 2 fully saturated rings. The third kappa shape index (κ3) is 2.42. The maximum absolute atomic E-state index is 13.4. The van der Waals surface area contributed by atoms with E-state index in [4.69, 9.17) is 4.28 Å². The van der Waals surface area contributed by atoms with Gasteiger partial charge in [-0.25, -0.2) is 4.21 Å². The van der Waals surface area contributed by atoms with E-state index in [9.17, 15) is 18.6 Å². The Labute approximate surface area is 175 Å². The van der Waals surface area contributed by atoms with Crippen LogP contribution in [0.5, 0.6) is 0 Å². The van der Waals surface area contributed by atoms with Gasteiger partial charge in [0.2, 0.25) is 0 Å². The van der Waals surface area contributed by atoms with Crippen molar-refractivity contribution in [1.29, 1.82) is 0 Å². The molecule has 7 heteroatoms. The summed E-state index contributed by atoms with van der Waals surface area (Å²) in [5.74, 6) is 2.63. The number of carbonyl (C=O) groups excluding carboxylic acids is 3. The smallest absolute Gasteiger partial charge is 0.286 e. The Kier molecular flexibility index (Phi) is 3.90. The summed E-state index contributed by atoms with van der Waals surface area (Å²) < 4.78 is 19.0. The fraction of sp³-hybridized carbons (Fsp3) is 0.391. The van der Waals surface area contributed by atoms with Crippen LogP contribution in [0.3, 0.4) is 0 Å². The number of ketones is 1. The zero-order valence-corrected chi connectivity index (χ0v) is 17.8. The van der Waals surface area contributed by atoms with Crippen molar-refractivity contribution in [3.05, 3.63) is 47.5 Å². The molecular weight excluding hydrogens is 402 g/mol. The number of amides is 2. The van der Waals surface area contributed by atoms with Gasteiger partial charge >= 0.3 is 0 Å². The third-order valence-electron chi connectivity index (χ3n) is 7.55. The van der Waals surface area contributed by atoms with E-state index in [-0.39, 0.29) is 22.9 Å². The predicted molar refractivity (Wildman–Crippen MR) is 114 cm³/mol. The highest BCUT2D eigenvalue weighted by Gasteiger charge is 2.65. The summed E-state index contributed by atoms with van der Waals surface area (Å²) >= 11 is 0. The second-order valence-corrected chi connectivity index (χ2v) is 11.2. The van der Waals surface area contributed by atoms with Crippen LogP contribution in [0.2, 0.25) is 0 Å². The topological polar surface area (TPSA) is 80.8 Å². The molecule has 2 amide bonds. The maximum atomic E-state index is 13.4. The highest BCUT2D eigenvalue weighted by atomic mass is 32.2. The van der Waals surface area contributed by atoms with Crippen molar-refractivity contribution >= 4 is 44.0 Å². The average Bonchev–Trinajstić information content (AvgIpc) is 3.03. The van der Waals surface area contributed by atoms with E-state index in [1.807, 2.05) is 26.0 Å². The van der Waals surface area contributed by atoms with Gasteiger partial charge in [0.25, 0.3) is 11.8 Å². The van der Waals surface area contributed by atoms with E-state index in [1.54, 1.807) is 24.3 Å². The maximum Gasteiger partial charge on any atom is 0.286 e. The van der Waals surface area contributed by atoms with Crippen LogP contribution in [-0.2, 0) is 18.9 Å². The van der Waals surface area contributed by atoms with Gasteiger partial charge in [0, 0.05) is 17.2 Å². The molecule has 0 aromatic heterocycles. The first kappa shape index (κ1) is 19.5. The van der Waals surface area contributed by atoms with E-state index in [0.717, 1.165) is 11.8 Å². The Hall–Kier alpha value is -2.51. The zero-order valence-electron chi connectivity index (χ0n) is 17.0. The van der Waals surface area contributed by atoms with Crippen molar-refractivity contribution in [2.24, 2.45) is 16.7 Å². The number of hydrogen-bond acceptors (Lipinski definition) is 5. The molecule has 2 aromatic carbocycles. The van der Waals surface area contributed by atoms with Crippen LogP contribution in [0, 0.1) is 16.7 Å². The second kappa shape index (κ2) is 6.02. The molecule has 30 heavy (non-hydrogen) atoms. The number of Topliss-reactive ketones (excluding diaryl/α,β-unsaturated/α-hetero) is 1. The molecule has 2 aromatic rings. The number of nitrogens with zero attached hydrogens (tertiary/aromatic N) is 1. The SMILES string of the molecule is C=S(=O)(CC12CCC(CC1=O)C2(C)C)ON1C(=O)c2cccc3cccc(c23)C1=O. The first-order valence-corrected chi connectivity index (χ1v) is 11.9. The van der Waals surface area contributed by atoms with Crippen molar-refractivity contribution in [3.8, 4) is 0 Å². The molecule has 2 saturated carbocycles. The van der Waals surface area contributed by atoms with Gasteiger partial charge in [-0.2, -0.15) is 4.28 Å². The lowest BCUT2D eigenvalue weighted by atomic mass is 9.70. The zero-order chi connectivity index (χ0) is 21.5. The molecule has 0 saturated heterocycles. The third-order valence-corrected chi connectivity index (χ3v) is 8.90. The van der Waals surface area contributed by atoms with Crippen LogP contribution >= 0.6 is 0 Å². The first-order chi connectivity index (χ1) is 14.1. The van der Waals surface area contributed by atoms with Crippen LogP contribution in [0.4, 0.5) is 0 Å². The number of hydroxylamine groups is 2. The van der Waals surface area contributed by atoms with Gasteiger partial charge in [0.05, 0.1) is 16.9 Å². The molecule has 3 aliphatic rings. The normalized spacial score (nSPS) is 28.9. The van der Waals surface area contributed by atoms with E-state index < -0.39 is 27.0 Å². The minimum atomic E-state index is -3.39. The molecule has 1 heterocycles. The monoisotopic (exact) mass is 425 g/mol. The van der Waals surface area contributed by atoms with Crippen molar-refractivity contribution in [1.82, 2.24) is 5.06 Å². The number of imide groups is 1. The second-order valence-electron chi connectivity index (χ2n) is 9.24. The van der Waals surface area contributed by atoms with Crippen LogP contribution in [0.25, 0.3) is 10.8 Å². The lowest BCUT2D eigenvalue weighted by Crippen LogP contribution is -2.46. The van der Waals surface area contributed by atoms with Gasteiger partial charge in [0.15, 0.2) is 0 Å². The standard InChI is InChI=1S/C23H23NO5S/c1-22(2)15-10-11-23(22,18(25)12-15)13-30(3,28)29-24-20(26)16-8-4-6-14-7-5-9-17(19(14)16)21(24)27/h4-9,15H,3,10-13H2,1-2H3. The summed E-state index contributed by atoms with van der Waals surface area (Å²) in [5.41, 5.74) is -0.485. The number of carbonyl (C=O) groups is 3. The number of hydrogen-bond donors (Lipinski definition) is 0. The molecule has 5 rings (SSSR count). The van der Waals surface area contributed by atoms with E-state index in [1.165, 1.54) is 0 Å². The Morgan fingerprint density at radius 3 is 2.20 bits per heavy atom. The van der Waals surface area contributed by atoms with Crippen LogP contribution in [-0.4, -0.2) is 38.5 Å². The number of fused-ring (bicyclic) bond motifs is 2. The summed E-state index contributed by atoms with van der Waals surface area (Å²) in [4.78, 5) is 38.9. The molecule has 156 valence electrons. The predicted octanol–water partition coefficient (Wildman–Crippen LogP) is 3.39. The quantitative estimate of drug-likeness (QED) is 0.554. The highest BCUT2D eigenvalue weighted by Crippen LogP contribution is 2.64. The van der Waals surface area contributed by atoms with Crippen LogP contribution in [0.1, 0.15) is 53.8 Å². The summed E-state index contributed by atoms with van der Waals surface area (Å²) in [7, 11) is -3.39. The van der Waals surface area contributed by atoms with Crippen molar-refractivity contribution in [2.45, 2.75) is 33.1 Å². The minimum absolute atomic E-state index is 0.0788. The summed E-state index contributed by atoms with van der Waals surface area (Å²) in [6.45, 7) is 4.05. The number of benzene rings is 2. The van der Waals surface area contributed by atoms with Gasteiger partial charge in [-0.05, 0) is 47.6 Å². The van der Waals surface area contributed by atoms with E-state index >= 15 is 0 Å². The molecule has 3 atom stereocenters. The van der Waals surface area contributed by atoms with E-state index in [2.05, 4.69) is 5.87 Å². The van der Waals surface area contributed by atoms with E-state index in [0.29, 0.717) is 34.4 Å². The molecule has 6 nitrogen and oxygen atoms in total. The van der Waals surface area contributed by atoms with Gasteiger partial charge in [-0.3, -0.25) is 14.4 Å². The molecule has 2 aliphatic carbocycles. The van der Waals surface area contributed by atoms with Crippen LogP contribution in [0.15, 0.2) is 36.4 Å². The van der Waals surface area contributed by atoms with Crippen LogP contribution < -0.4 is 0 Å². The summed E-state index contributed by atoms with van der Waals surface area (Å²) in [5, 5.41) is 1.91.